The Labute approximate surface area is 253 Å². The number of carbonyl (C=O) groups excluding carboxylic acids is 3. The molecule has 3 aliphatic rings. The highest BCUT2D eigenvalue weighted by molar-refractivity contribution is 8.02. The molecule has 0 radical (unpaired) electrons. The summed E-state index contributed by atoms with van der Waals surface area (Å²) in [6, 6.07) is 12.6. The van der Waals surface area contributed by atoms with Crippen molar-refractivity contribution in [2.75, 3.05) is 31.6 Å². The van der Waals surface area contributed by atoms with Crippen molar-refractivity contribution in [2.24, 2.45) is 17.8 Å². The van der Waals surface area contributed by atoms with Gasteiger partial charge in [0.2, 0.25) is 11.8 Å². The van der Waals surface area contributed by atoms with Crippen molar-refractivity contribution in [3.63, 3.8) is 0 Å². The first-order chi connectivity index (χ1) is 20.0. The van der Waals surface area contributed by atoms with Crippen molar-refractivity contribution in [1.29, 1.82) is 0 Å². The van der Waals surface area contributed by atoms with E-state index in [2.05, 4.69) is 33.9 Å². The largest absolute Gasteiger partial charge is 0.394 e. The van der Waals surface area contributed by atoms with Crippen LogP contribution in [0.5, 0.6) is 0 Å². The van der Waals surface area contributed by atoms with Crippen molar-refractivity contribution in [1.82, 2.24) is 9.80 Å². The summed E-state index contributed by atoms with van der Waals surface area (Å²) in [5.74, 6) is -1.45. The van der Waals surface area contributed by atoms with Crippen LogP contribution >= 0.6 is 11.8 Å². The van der Waals surface area contributed by atoms with E-state index in [1.807, 2.05) is 42.5 Å². The molecule has 0 saturated carbocycles. The number of thioether (sulfide) groups is 1. The summed E-state index contributed by atoms with van der Waals surface area (Å²) < 4.78 is -1.23. The standard InChI is InChI=1S/C34H43N3O4S/c1-7-17-35(6)30(39)27-28-31(40)37(26(21-38)19-22(3)4)29(34(28)16-15-33(27,5)42-34)32(41)36(18-8-2)25-14-13-23-11-9-10-12-24(23)20-25/h7-14,20,22,26-29,38H,1-2,15-19,21H2,3-6H3/t26-,27-,28+,29?,33+,34?/m1/s1. The van der Waals surface area contributed by atoms with E-state index in [1.54, 1.807) is 45.7 Å². The maximum atomic E-state index is 15.0. The molecule has 3 fully saturated rings. The third kappa shape index (κ3) is 4.77. The second-order valence-electron chi connectivity index (χ2n) is 12.7. The molecular weight excluding hydrogens is 546 g/mol. The lowest BCUT2D eigenvalue weighted by Gasteiger charge is -2.40. The number of fused-ring (bicyclic) bond motifs is 2. The minimum absolute atomic E-state index is 0.0836. The summed E-state index contributed by atoms with van der Waals surface area (Å²) >= 11 is 1.66. The summed E-state index contributed by atoms with van der Waals surface area (Å²) in [4.78, 5) is 48.5. The number of nitrogens with zero attached hydrogens (tertiary/aromatic N) is 3. The predicted molar refractivity (Wildman–Crippen MR) is 170 cm³/mol. The Balaban J connectivity index is 1.64. The Kier molecular flexibility index (Phi) is 8.33. The number of benzene rings is 2. The first-order valence-electron chi connectivity index (χ1n) is 14.9. The number of anilines is 1. The number of amides is 3. The molecule has 3 saturated heterocycles. The lowest BCUT2D eigenvalue weighted by Crippen LogP contribution is -2.58. The second-order valence-corrected chi connectivity index (χ2v) is 14.6. The van der Waals surface area contributed by atoms with Gasteiger partial charge in [-0.25, -0.2) is 0 Å². The second kappa shape index (κ2) is 11.5. The molecule has 2 aromatic rings. The van der Waals surface area contributed by atoms with Crippen LogP contribution in [0.15, 0.2) is 67.8 Å². The minimum atomic E-state index is -0.813. The lowest BCUT2D eigenvalue weighted by atomic mass is 9.66. The molecular formula is C34H43N3O4S. The van der Waals surface area contributed by atoms with E-state index in [4.69, 9.17) is 0 Å². The summed E-state index contributed by atoms with van der Waals surface area (Å²) in [7, 11) is 1.75. The molecule has 3 aliphatic heterocycles. The average molecular weight is 590 g/mol. The molecule has 1 spiro atoms. The highest BCUT2D eigenvalue weighted by atomic mass is 32.2. The molecule has 2 unspecified atom stereocenters. The van der Waals surface area contributed by atoms with Crippen LogP contribution in [-0.4, -0.2) is 80.9 Å². The first-order valence-corrected chi connectivity index (χ1v) is 15.7. The molecule has 42 heavy (non-hydrogen) atoms. The lowest BCUT2D eigenvalue weighted by molar-refractivity contribution is -0.146. The van der Waals surface area contributed by atoms with Gasteiger partial charge in [-0.05, 0) is 55.0 Å². The van der Waals surface area contributed by atoms with Gasteiger partial charge in [-0.1, -0.05) is 56.3 Å². The van der Waals surface area contributed by atoms with E-state index < -0.39 is 33.4 Å². The normalized spacial score (nSPS) is 28.7. The molecule has 0 aromatic heterocycles. The number of aliphatic hydroxyl groups excluding tert-OH is 1. The Bertz CT molecular complexity index is 1410. The Morgan fingerprint density at radius 2 is 1.79 bits per heavy atom. The van der Waals surface area contributed by atoms with Gasteiger partial charge in [-0.15, -0.1) is 24.9 Å². The Hall–Kier alpha value is -3.10. The van der Waals surface area contributed by atoms with Crippen LogP contribution in [0.2, 0.25) is 0 Å². The van der Waals surface area contributed by atoms with Gasteiger partial charge >= 0.3 is 0 Å². The quantitative estimate of drug-likeness (QED) is 0.378. The van der Waals surface area contributed by atoms with Crippen LogP contribution in [0.25, 0.3) is 10.8 Å². The molecule has 1 N–H and O–H groups in total. The van der Waals surface area contributed by atoms with Crippen molar-refractivity contribution in [3.8, 4) is 0 Å². The van der Waals surface area contributed by atoms with Crippen LogP contribution in [0, 0.1) is 17.8 Å². The fraction of sp³-hybridized carbons (Fsp3) is 0.500. The molecule has 3 heterocycles. The van der Waals surface area contributed by atoms with Gasteiger partial charge in [-0.2, -0.15) is 0 Å². The Morgan fingerprint density at radius 1 is 1.10 bits per heavy atom. The summed E-state index contributed by atoms with van der Waals surface area (Å²) in [6.07, 6.45) is 5.35. The van der Waals surface area contributed by atoms with Gasteiger partial charge in [0.05, 0.1) is 29.2 Å². The first kappa shape index (κ1) is 30.4. The molecule has 0 aliphatic carbocycles. The fourth-order valence-electron chi connectivity index (χ4n) is 7.70. The van der Waals surface area contributed by atoms with E-state index in [0.29, 0.717) is 19.4 Å². The van der Waals surface area contributed by atoms with Crippen LogP contribution < -0.4 is 4.90 Å². The SMILES string of the molecule is C=CCN(C)C(=O)[C@H]1[C@H]2C(=O)N([C@@H](CO)CC(C)C)C(C(=O)N(CC=C)c3ccc4ccccc4c3)C23CC[C@]1(C)S3. The number of aliphatic hydroxyl groups is 1. The number of likely N-dealkylation sites (tertiary alicyclic amines) is 1. The summed E-state index contributed by atoms with van der Waals surface area (Å²) in [5.41, 5.74) is 0.734. The molecule has 3 amide bonds. The maximum absolute atomic E-state index is 15.0. The van der Waals surface area contributed by atoms with Crippen molar-refractivity contribution >= 4 is 45.9 Å². The summed E-state index contributed by atoms with van der Waals surface area (Å²) in [5, 5.41) is 12.7. The van der Waals surface area contributed by atoms with Gasteiger partial charge in [0.1, 0.15) is 6.04 Å². The minimum Gasteiger partial charge on any atom is -0.394 e. The molecule has 2 aromatic carbocycles. The van der Waals surface area contributed by atoms with Gasteiger partial charge in [-0.3, -0.25) is 14.4 Å². The monoisotopic (exact) mass is 589 g/mol. The number of hydrogen-bond donors (Lipinski definition) is 1. The number of likely N-dealkylation sites (N-methyl/N-ethyl adjacent to an activating group) is 1. The molecule has 2 bridgehead atoms. The molecule has 8 heteroatoms. The van der Waals surface area contributed by atoms with Crippen LogP contribution in [0.4, 0.5) is 5.69 Å². The van der Waals surface area contributed by atoms with Crippen molar-refractivity contribution in [2.45, 2.75) is 61.6 Å². The highest BCUT2D eigenvalue weighted by Gasteiger charge is 2.78. The topological polar surface area (TPSA) is 81.2 Å². The maximum Gasteiger partial charge on any atom is 0.251 e. The van der Waals surface area contributed by atoms with Crippen molar-refractivity contribution in [3.05, 3.63) is 67.8 Å². The van der Waals surface area contributed by atoms with Crippen LogP contribution in [0.3, 0.4) is 0 Å². The van der Waals surface area contributed by atoms with E-state index in [0.717, 1.165) is 22.9 Å². The zero-order chi connectivity index (χ0) is 30.4. The van der Waals surface area contributed by atoms with Gasteiger partial charge in [0, 0.05) is 30.6 Å². The molecule has 6 atom stereocenters. The van der Waals surface area contributed by atoms with Crippen LogP contribution in [-0.2, 0) is 14.4 Å². The highest BCUT2D eigenvalue weighted by Crippen LogP contribution is 2.72. The predicted octanol–water partition coefficient (Wildman–Crippen LogP) is 4.89. The third-order valence-electron chi connectivity index (χ3n) is 9.46. The molecule has 224 valence electrons. The van der Waals surface area contributed by atoms with Crippen molar-refractivity contribution < 1.29 is 19.5 Å². The smallest absolute Gasteiger partial charge is 0.251 e. The average Bonchev–Trinajstić information content (AvgIpc) is 3.54. The van der Waals surface area contributed by atoms with E-state index in [9.17, 15) is 19.5 Å². The molecule has 7 nitrogen and oxygen atoms in total. The van der Waals surface area contributed by atoms with E-state index >= 15 is 0 Å². The van der Waals surface area contributed by atoms with E-state index in [-0.39, 0.29) is 36.8 Å². The van der Waals surface area contributed by atoms with Gasteiger partial charge < -0.3 is 19.8 Å². The van der Waals surface area contributed by atoms with Gasteiger partial charge in [0.15, 0.2) is 0 Å². The molecule has 5 rings (SSSR count). The third-order valence-corrected chi connectivity index (χ3v) is 11.4. The Morgan fingerprint density at radius 3 is 2.43 bits per heavy atom. The number of rotatable bonds is 11. The summed E-state index contributed by atoms with van der Waals surface area (Å²) in [6.45, 7) is 14.3. The number of carbonyl (C=O) groups is 3. The fourth-order valence-corrected chi connectivity index (χ4v) is 10.0. The number of hydrogen-bond acceptors (Lipinski definition) is 5. The van der Waals surface area contributed by atoms with Crippen LogP contribution in [0.1, 0.15) is 40.0 Å². The zero-order valence-corrected chi connectivity index (χ0v) is 26.0. The zero-order valence-electron chi connectivity index (χ0n) is 25.2. The van der Waals surface area contributed by atoms with E-state index in [1.165, 1.54) is 0 Å². The van der Waals surface area contributed by atoms with Gasteiger partial charge in [0.25, 0.3) is 5.91 Å².